The molecule has 0 saturated heterocycles. The molecule has 1 aromatic heterocycles. The first-order chi connectivity index (χ1) is 11.6. The van der Waals surface area contributed by atoms with Crippen LogP contribution in [-0.2, 0) is 6.42 Å². The average molecular weight is 339 g/mol. The molecule has 1 aliphatic rings. The van der Waals surface area contributed by atoms with Gasteiger partial charge >= 0.3 is 6.03 Å². The fourth-order valence-electron chi connectivity index (χ4n) is 3.17. The zero-order valence-electron chi connectivity index (χ0n) is 13.1. The van der Waals surface area contributed by atoms with Gasteiger partial charge in [-0.15, -0.1) is 11.3 Å². The lowest BCUT2D eigenvalue weighted by Gasteiger charge is -2.18. The number of carbonyl (C=O) groups is 1. The minimum Gasteiger partial charge on any atom is -0.390 e. The van der Waals surface area contributed by atoms with Crippen LogP contribution in [0.4, 0.5) is 10.5 Å². The number of thiazole rings is 1. The molecule has 4 rings (SSSR count). The minimum absolute atomic E-state index is 0.323. The number of nitrogens with one attached hydrogen (secondary N) is 2. The maximum absolute atomic E-state index is 12.3. The SMILES string of the molecule is Cc1nc2ccc(NC(=O)NC3c4ccccc4CC3O)cc2s1. The smallest absolute Gasteiger partial charge is 0.319 e. The summed E-state index contributed by atoms with van der Waals surface area (Å²) in [5.41, 5.74) is 3.71. The second kappa shape index (κ2) is 5.89. The Morgan fingerprint density at radius 3 is 3.00 bits per heavy atom. The van der Waals surface area contributed by atoms with Crippen LogP contribution in [0.2, 0.25) is 0 Å². The summed E-state index contributed by atoms with van der Waals surface area (Å²) in [5.74, 6) is 0. The van der Waals surface area contributed by atoms with E-state index in [2.05, 4.69) is 15.6 Å². The maximum Gasteiger partial charge on any atom is 0.319 e. The Kier molecular flexibility index (Phi) is 3.70. The Labute approximate surface area is 143 Å². The summed E-state index contributed by atoms with van der Waals surface area (Å²) in [4.78, 5) is 16.7. The van der Waals surface area contributed by atoms with Crippen molar-refractivity contribution in [3.63, 3.8) is 0 Å². The molecule has 2 unspecified atom stereocenters. The number of aliphatic hydroxyl groups excluding tert-OH is 1. The molecule has 0 fully saturated rings. The molecule has 5 nitrogen and oxygen atoms in total. The highest BCUT2D eigenvalue weighted by molar-refractivity contribution is 7.18. The third kappa shape index (κ3) is 2.74. The van der Waals surface area contributed by atoms with Crippen LogP contribution < -0.4 is 10.6 Å². The topological polar surface area (TPSA) is 74.2 Å². The molecule has 0 saturated carbocycles. The number of rotatable bonds is 2. The van der Waals surface area contributed by atoms with Crippen LogP contribution in [0.25, 0.3) is 10.2 Å². The number of nitrogens with zero attached hydrogens (tertiary/aromatic N) is 1. The van der Waals surface area contributed by atoms with Crippen molar-refractivity contribution in [1.82, 2.24) is 10.3 Å². The highest BCUT2D eigenvalue weighted by Crippen LogP contribution is 2.31. The predicted octanol–water partition coefficient (Wildman–Crippen LogP) is 3.38. The highest BCUT2D eigenvalue weighted by atomic mass is 32.1. The summed E-state index contributed by atoms with van der Waals surface area (Å²) in [5, 5.41) is 16.9. The number of anilines is 1. The van der Waals surface area contributed by atoms with Crippen molar-refractivity contribution in [3.8, 4) is 0 Å². The van der Waals surface area contributed by atoms with Gasteiger partial charge in [-0.3, -0.25) is 0 Å². The number of carbonyl (C=O) groups excluding carboxylic acids is 1. The number of amides is 2. The molecule has 2 atom stereocenters. The molecular weight excluding hydrogens is 322 g/mol. The van der Waals surface area contributed by atoms with Crippen LogP contribution in [0.5, 0.6) is 0 Å². The van der Waals surface area contributed by atoms with Crippen molar-refractivity contribution in [2.24, 2.45) is 0 Å². The van der Waals surface area contributed by atoms with Gasteiger partial charge in [0, 0.05) is 12.1 Å². The summed E-state index contributed by atoms with van der Waals surface area (Å²) >= 11 is 1.59. The average Bonchev–Trinajstić information content (AvgIpc) is 3.06. The normalized spacial score (nSPS) is 19.2. The molecule has 3 N–H and O–H groups in total. The van der Waals surface area contributed by atoms with Crippen LogP contribution in [-0.4, -0.2) is 22.2 Å². The number of hydrogen-bond donors (Lipinski definition) is 3. The number of aromatic nitrogens is 1. The van der Waals surface area contributed by atoms with Crippen molar-refractivity contribution in [2.75, 3.05) is 5.32 Å². The van der Waals surface area contributed by atoms with E-state index >= 15 is 0 Å². The molecule has 122 valence electrons. The second-order valence-corrected chi connectivity index (χ2v) is 7.20. The first-order valence-electron chi connectivity index (χ1n) is 7.81. The molecule has 0 bridgehead atoms. The molecule has 3 aromatic rings. The standard InChI is InChI=1S/C18H17N3O2S/c1-10-19-14-7-6-12(9-16(14)24-10)20-18(23)21-17-13-5-3-2-4-11(13)8-15(17)22/h2-7,9,15,17,22H,8H2,1H3,(H2,20,21,23). The first kappa shape index (κ1) is 15.1. The van der Waals surface area contributed by atoms with Crippen molar-refractivity contribution >= 4 is 33.3 Å². The molecule has 2 aromatic carbocycles. The van der Waals surface area contributed by atoms with E-state index in [0.717, 1.165) is 26.4 Å². The molecule has 0 spiro atoms. The third-order valence-electron chi connectivity index (χ3n) is 4.24. The monoisotopic (exact) mass is 339 g/mol. The van der Waals surface area contributed by atoms with E-state index in [-0.39, 0.29) is 12.1 Å². The number of aryl methyl sites for hydroxylation is 1. The Balaban J connectivity index is 1.50. The second-order valence-electron chi connectivity index (χ2n) is 5.96. The van der Waals surface area contributed by atoms with Gasteiger partial charge in [0.1, 0.15) is 0 Å². The Hall–Kier alpha value is -2.44. The molecule has 0 radical (unpaired) electrons. The summed E-state index contributed by atoms with van der Waals surface area (Å²) in [6.07, 6.45) is -0.0347. The van der Waals surface area contributed by atoms with E-state index in [4.69, 9.17) is 0 Å². The van der Waals surface area contributed by atoms with Crippen LogP contribution in [0.15, 0.2) is 42.5 Å². The van der Waals surface area contributed by atoms with E-state index in [0.29, 0.717) is 12.1 Å². The lowest BCUT2D eigenvalue weighted by molar-refractivity contribution is 0.144. The van der Waals surface area contributed by atoms with E-state index in [1.165, 1.54) is 0 Å². The van der Waals surface area contributed by atoms with Crippen molar-refractivity contribution in [2.45, 2.75) is 25.5 Å². The van der Waals surface area contributed by atoms with Crippen molar-refractivity contribution in [3.05, 3.63) is 58.6 Å². The van der Waals surface area contributed by atoms with E-state index < -0.39 is 6.10 Å². The molecule has 6 heteroatoms. The van der Waals surface area contributed by atoms with Gasteiger partial charge in [0.25, 0.3) is 0 Å². The predicted molar refractivity (Wildman–Crippen MR) is 95.4 cm³/mol. The lowest BCUT2D eigenvalue weighted by atomic mass is 10.1. The van der Waals surface area contributed by atoms with E-state index in [1.54, 1.807) is 11.3 Å². The molecule has 1 aliphatic carbocycles. The molecule has 2 amide bonds. The lowest BCUT2D eigenvalue weighted by Crippen LogP contribution is -2.36. The number of aliphatic hydroxyl groups is 1. The number of benzene rings is 2. The van der Waals surface area contributed by atoms with Crippen LogP contribution in [0.1, 0.15) is 22.2 Å². The molecular formula is C18H17N3O2S. The highest BCUT2D eigenvalue weighted by Gasteiger charge is 2.31. The fourth-order valence-corrected chi connectivity index (χ4v) is 4.04. The van der Waals surface area contributed by atoms with Gasteiger partial charge in [0.05, 0.1) is 27.4 Å². The van der Waals surface area contributed by atoms with Crippen molar-refractivity contribution < 1.29 is 9.90 Å². The first-order valence-corrected chi connectivity index (χ1v) is 8.62. The van der Waals surface area contributed by atoms with Gasteiger partial charge in [0.15, 0.2) is 0 Å². The Morgan fingerprint density at radius 2 is 2.12 bits per heavy atom. The van der Waals surface area contributed by atoms with Crippen LogP contribution >= 0.6 is 11.3 Å². The van der Waals surface area contributed by atoms with E-state index in [1.807, 2.05) is 49.4 Å². The fraction of sp³-hybridized carbons (Fsp3) is 0.222. The van der Waals surface area contributed by atoms with Crippen LogP contribution in [0, 0.1) is 6.92 Å². The maximum atomic E-state index is 12.3. The van der Waals surface area contributed by atoms with Gasteiger partial charge in [-0.1, -0.05) is 24.3 Å². The summed E-state index contributed by atoms with van der Waals surface area (Å²) in [6.45, 7) is 1.96. The van der Waals surface area contributed by atoms with Gasteiger partial charge in [-0.25, -0.2) is 9.78 Å². The number of hydrogen-bond acceptors (Lipinski definition) is 4. The summed E-state index contributed by atoms with van der Waals surface area (Å²) in [7, 11) is 0. The molecule has 1 heterocycles. The van der Waals surface area contributed by atoms with E-state index in [9.17, 15) is 9.90 Å². The van der Waals surface area contributed by atoms with Crippen molar-refractivity contribution in [1.29, 1.82) is 0 Å². The Morgan fingerprint density at radius 1 is 1.29 bits per heavy atom. The molecule has 0 aliphatic heterocycles. The largest absolute Gasteiger partial charge is 0.390 e. The minimum atomic E-state index is -0.597. The summed E-state index contributed by atoms with van der Waals surface area (Å²) < 4.78 is 1.04. The number of urea groups is 1. The van der Waals surface area contributed by atoms with Gasteiger partial charge in [-0.2, -0.15) is 0 Å². The Bertz CT molecular complexity index is 922. The molecule has 24 heavy (non-hydrogen) atoms. The third-order valence-corrected chi connectivity index (χ3v) is 5.18. The van der Waals surface area contributed by atoms with Gasteiger partial charge < -0.3 is 15.7 Å². The van der Waals surface area contributed by atoms with Gasteiger partial charge in [0.2, 0.25) is 0 Å². The quantitative estimate of drug-likeness (QED) is 0.670. The summed E-state index contributed by atoms with van der Waals surface area (Å²) in [6, 6.07) is 12.7. The zero-order valence-corrected chi connectivity index (χ0v) is 13.9. The zero-order chi connectivity index (χ0) is 16.7. The van der Waals surface area contributed by atoms with Crippen LogP contribution in [0.3, 0.4) is 0 Å². The van der Waals surface area contributed by atoms with Gasteiger partial charge in [-0.05, 0) is 36.2 Å². The number of fused-ring (bicyclic) bond motifs is 2.